The number of benzene rings is 2. The minimum Gasteiger partial charge on any atom is -0.288 e. The average molecular weight is 341 g/mol. The highest BCUT2D eigenvalue weighted by Gasteiger charge is 2.15. The fourth-order valence-corrected chi connectivity index (χ4v) is 2.54. The van der Waals surface area contributed by atoms with Crippen LogP contribution in [0.1, 0.15) is 21.5 Å². The summed E-state index contributed by atoms with van der Waals surface area (Å²) in [6.45, 7) is 1.93. The molecule has 0 unspecified atom stereocenters. The summed E-state index contributed by atoms with van der Waals surface area (Å²) in [7, 11) is 0. The lowest BCUT2D eigenvalue weighted by Gasteiger charge is -2.05. The Morgan fingerprint density at radius 1 is 1.10 bits per heavy atom. The molecule has 1 heterocycles. The van der Waals surface area contributed by atoms with Gasteiger partial charge in [-0.3, -0.25) is 4.79 Å². The van der Waals surface area contributed by atoms with Crippen LogP contribution in [-0.2, 0) is 0 Å². The largest absolute Gasteiger partial charge is 0.288 e. The lowest BCUT2D eigenvalue weighted by molar-refractivity contribution is 0.103. The lowest BCUT2D eigenvalue weighted by atomic mass is 10.0. The molecule has 0 aliphatic rings. The van der Waals surface area contributed by atoms with Gasteiger partial charge in [0.1, 0.15) is 0 Å². The van der Waals surface area contributed by atoms with Gasteiger partial charge < -0.3 is 0 Å². The molecule has 0 amide bonds. The van der Waals surface area contributed by atoms with E-state index in [1.54, 1.807) is 17.1 Å². The van der Waals surface area contributed by atoms with Gasteiger partial charge in [0, 0.05) is 16.2 Å². The Bertz CT molecular complexity index is 794. The minimum absolute atomic E-state index is 0.0176. The van der Waals surface area contributed by atoms with Crippen molar-refractivity contribution >= 4 is 21.7 Å². The first kappa shape index (κ1) is 13.8. The van der Waals surface area contributed by atoms with Gasteiger partial charge in [-0.05, 0) is 30.7 Å². The summed E-state index contributed by atoms with van der Waals surface area (Å²) in [5.41, 5.74) is 3.15. The Morgan fingerprint density at radius 3 is 2.62 bits per heavy atom. The molecule has 2 aromatic carbocycles. The van der Waals surface area contributed by atoms with E-state index in [9.17, 15) is 4.79 Å². The van der Waals surface area contributed by atoms with Crippen molar-refractivity contribution in [2.24, 2.45) is 0 Å². The Kier molecular flexibility index (Phi) is 3.71. The summed E-state index contributed by atoms with van der Waals surface area (Å²) < 4.78 is 2.64. The van der Waals surface area contributed by atoms with E-state index < -0.39 is 0 Å². The molecule has 0 aliphatic heterocycles. The zero-order valence-electron chi connectivity index (χ0n) is 11.5. The van der Waals surface area contributed by atoms with Gasteiger partial charge in [-0.1, -0.05) is 46.3 Å². The number of para-hydroxylation sites is 1. The average Bonchev–Trinajstić information content (AvgIpc) is 3.00. The molecule has 0 aliphatic carbocycles. The number of nitrogens with zero attached hydrogens (tertiary/aromatic N) is 2. The van der Waals surface area contributed by atoms with Crippen molar-refractivity contribution in [2.45, 2.75) is 6.92 Å². The monoisotopic (exact) mass is 340 g/mol. The molecule has 3 aromatic rings. The van der Waals surface area contributed by atoms with E-state index in [2.05, 4.69) is 21.0 Å². The molecular formula is C17H13BrN2O. The van der Waals surface area contributed by atoms with Gasteiger partial charge in [0.2, 0.25) is 0 Å². The number of carbonyl (C=O) groups is 1. The standard InChI is InChI=1S/C17H13BrN2O/c1-12-15(8-5-9-16(12)18)17(21)13-10-19-20(11-13)14-6-3-2-4-7-14/h2-11H,1H3. The first-order valence-electron chi connectivity index (χ1n) is 6.57. The third-order valence-corrected chi connectivity index (χ3v) is 4.24. The molecule has 3 rings (SSSR count). The van der Waals surface area contributed by atoms with Crippen molar-refractivity contribution in [1.82, 2.24) is 9.78 Å². The van der Waals surface area contributed by atoms with Crippen LogP contribution in [-0.4, -0.2) is 15.6 Å². The molecule has 0 saturated carbocycles. The molecule has 0 atom stereocenters. The number of ketones is 1. The third-order valence-electron chi connectivity index (χ3n) is 3.38. The molecule has 1 aromatic heterocycles. The van der Waals surface area contributed by atoms with Gasteiger partial charge >= 0.3 is 0 Å². The zero-order chi connectivity index (χ0) is 14.8. The number of hydrogen-bond acceptors (Lipinski definition) is 2. The third kappa shape index (κ3) is 2.67. The highest BCUT2D eigenvalue weighted by Crippen LogP contribution is 2.22. The van der Waals surface area contributed by atoms with Crippen LogP contribution in [0, 0.1) is 6.92 Å². The first-order chi connectivity index (χ1) is 10.2. The van der Waals surface area contributed by atoms with Crippen LogP contribution in [0.5, 0.6) is 0 Å². The molecule has 0 fully saturated rings. The van der Waals surface area contributed by atoms with Crippen LogP contribution in [0.2, 0.25) is 0 Å². The van der Waals surface area contributed by atoms with Crippen molar-refractivity contribution in [3.8, 4) is 5.69 Å². The lowest BCUT2D eigenvalue weighted by Crippen LogP contribution is -2.03. The molecule has 104 valence electrons. The smallest absolute Gasteiger partial charge is 0.196 e. The maximum Gasteiger partial charge on any atom is 0.196 e. The van der Waals surface area contributed by atoms with Gasteiger partial charge in [0.15, 0.2) is 5.78 Å². The van der Waals surface area contributed by atoms with E-state index in [1.165, 1.54) is 0 Å². The predicted octanol–water partition coefficient (Wildman–Crippen LogP) is 4.17. The second-order valence-electron chi connectivity index (χ2n) is 4.75. The summed E-state index contributed by atoms with van der Waals surface area (Å²) >= 11 is 3.46. The molecule has 4 heteroatoms. The Balaban J connectivity index is 1.97. The van der Waals surface area contributed by atoms with Gasteiger partial charge in [-0.25, -0.2) is 4.68 Å². The second-order valence-corrected chi connectivity index (χ2v) is 5.60. The van der Waals surface area contributed by atoms with Gasteiger partial charge in [0.05, 0.1) is 17.4 Å². The topological polar surface area (TPSA) is 34.9 Å². The molecular weight excluding hydrogens is 328 g/mol. The van der Waals surface area contributed by atoms with Crippen LogP contribution in [0.15, 0.2) is 65.4 Å². The fourth-order valence-electron chi connectivity index (χ4n) is 2.17. The highest BCUT2D eigenvalue weighted by atomic mass is 79.9. The van der Waals surface area contributed by atoms with E-state index in [1.807, 2.05) is 55.5 Å². The number of halogens is 1. The van der Waals surface area contributed by atoms with Gasteiger partial charge in [-0.15, -0.1) is 0 Å². The zero-order valence-corrected chi connectivity index (χ0v) is 13.0. The molecule has 21 heavy (non-hydrogen) atoms. The number of hydrogen-bond donors (Lipinski definition) is 0. The van der Waals surface area contributed by atoms with E-state index in [0.29, 0.717) is 11.1 Å². The van der Waals surface area contributed by atoms with Crippen molar-refractivity contribution in [3.05, 3.63) is 82.1 Å². The number of rotatable bonds is 3. The van der Waals surface area contributed by atoms with Crippen molar-refractivity contribution in [1.29, 1.82) is 0 Å². The predicted molar refractivity (Wildman–Crippen MR) is 85.9 cm³/mol. The van der Waals surface area contributed by atoms with Crippen LogP contribution >= 0.6 is 15.9 Å². The molecule has 3 nitrogen and oxygen atoms in total. The minimum atomic E-state index is -0.0176. The van der Waals surface area contributed by atoms with Crippen molar-refractivity contribution < 1.29 is 4.79 Å². The maximum absolute atomic E-state index is 12.6. The van der Waals surface area contributed by atoms with Crippen molar-refractivity contribution in [3.63, 3.8) is 0 Å². The summed E-state index contributed by atoms with van der Waals surface area (Å²) in [5.74, 6) is -0.0176. The van der Waals surface area contributed by atoms with Gasteiger partial charge in [-0.2, -0.15) is 5.10 Å². The van der Waals surface area contributed by atoms with E-state index >= 15 is 0 Å². The molecule has 0 bridgehead atoms. The summed E-state index contributed by atoms with van der Waals surface area (Å²) in [6.07, 6.45) is 3.37. The second kappa shape index (κ2) is 5.66. The van der Waals surface area contributed by atoms with E-state index in [4.69, 9.17) is 0 Å². The van der Waals surface area contributed by atoms with Crippen LogP contribution in [0.25, 0.3) is 5.69 Å². The molecule has 0 spiro atoms. The number of aromatic nitrogens is 2. The fraction of sp³-hybridized carbons (Fsp3) is 0.0588. The maximum atomic E-state index is 12.6. The Hall–Kier alpha value is -2.20. The number of carbonyl (C=O) groups excluding carboxylic acids is 1. The molecule has 0 N–H and O–H groups in total. The Labute approximate surface area is 131 Å². The first-order valence-corrected chi connectivity index (χ1v) is 7.36. The quantitative estimate of drug-likeness (QED) is 0.670. The van der Waals surface area contributed by atoms with E-state index in [-0.39, 0.29) is 5.78 Å². The van der Waals surface area contributed by atoms with Gasteiger partial charge in [0.25, 0.3) is 0 Å². The SMILES string of the molecule is Cc1c(Br)cccc1C(=O)c1cnn(-c2ccccc2)c1. The molecule has 0 radical (unpaired) electrons. The van der Waals surface area contributed by atoms with Crippen LogP contribution in [0.4, 0.5) is 0 Å². The summed E-state index contributed by atoms with van der Waals surface area (Å²) in [5, 5.41) is 4.27. The normalized spacial score (nSPS) is 10.6. The summed E-state index contributed by atoms with van der Waals surface area (Å²) in [4.78, 5) is 12.6. The van der Waals surface area contributed by atoms with E-state index in [0.717, 1.165) is 15.7 Å². The highest BCUT2D eigenvalue weighted by molar-refractivity contribution is 9.10. The summed E-state index contributed by atoms with van der Waals surface area (Å²) in [6, 6.07) is 15.4. The van der Waals surface area contributed by atoms with Crippen LogP contribution in [0.3, 0.4) is 0 Å². The Morgan fingerprint density at radius 2 is 1.86 bits per heavy atom. The van der Waals surface area contributed by atoms with Crippen molar-refractivity contribution in [2.75, 3.05) is 0 Å². The molecule has 0 saturated heterocycles. The van der Waals surface area contributed by atoms with Crippen LogP contribution < -0.4 is 0 Å².